The summed E-state index contributed by atoms with van der Waals surface area (Å²) in [4.78, 5) is 2.53. The molecular formula is C17H25BrN2O2. The molecule has 1 aliphatic carbocycles. The molecule has 2 N–H and O–H groups in total. The minimum atomic E-state index is 0.387. The van der Waals surface area contributed by atoms with E-state index in [0.29, 0.717) is 12.0 Å². The number of likely N-dealkylation sites (tertiary alicyclic amines) is 1. The van der Waals surface area contributed by atoms with Crippen LogP contribution >= 0.6 is 15.9 Å². The summed E-state index contributed by atoms with van der Waals surface area (Å²) in [6, 6.07) is 4.45. The van der Waals surface area contributed by atoms with Crippen molar-refractivity contribution < 1.29 is 9.47 Å². The Morgan fingerprint density at radius 3 is 2.59 bits per heavy atom. The molecule has 1 aromatic carbocycles. The molecular weight excluding hydrogens is 344 g/mol. The standard InChI is InChI=1S/C17H25BrN2O2/c1-21-16-6-12(14(18)7-17(16)22-2)9-20-8-11-4-3-5-15(19)13(11)10-20/h6-7,11,13,15H,3-5,8-10,19H2,1-2H3. The summed E-state index contributed by atoms with van der Waals surface area (Å²) in [6.45, 7) is 3.21. The molecule has 4 nitrogen and oxygen atoms in total. The van der Waals surface area contributed by atoms with Crippen LogP contribution in [-0.2, 0) is 6.54 Å². The predicted octanol–water partition coefficient (Wildman–Crippen LogP) is 3.03. The molecule has 0 radical (unpaired) electrons. The molecule has 122 valence electrons. The number of halogens is 1. The zero-order valence-corrected chi connectivity index (χ0v) is 14.9. The first-order valence-corrected chi connectivity index (χ1v) is 8.80. The molecule has 22 heavy (non-hydrogen) atoms. The average Bonchev–Trinajstić information content (AvgIpc) is 2.93. The van der Waals surface area contributed by atoms with E-state index >= 15 is 0 Å². The highest BCUT2D eigenvalue weighted by Gasteiger charge is 2.38. The maximum Gasteiger partial charge on any atom is 0.161 e. The first kappa shape index (κ1) is 16.1. The van der Waals surface area contributed by atoms with Crippen LogP contribution in [0.5, 0.6) is 11.5 Å². The van der Waals surface area contributed by atoms with Gasteiger partial charge >= 0.3 is 0 Å². The quantitative estimate of drug-likeness (QED) is 0.887. The van der Waals surface area contributed by atoms with Crippen LogP contribution in [0.15, 0.2) is 16.6 Å². The van der Waals surface area contributed by atoms with Crippen molar-refractivity contribution in [2.75, 3.05) is 27.3 Å². The number of rotatable bonds is 4. The van der Waals surface area contributed by atoms with Crippen molar-refractivity contribution in [2.45, 2.75) is 31.8 Å². The maximum atomic E-state index is 6.32. The second-order valence-corrected chi connectivity index (χ2v) is 7.37. The fourth-order valence-electron chi connectivity index (χ4n) is 4.00. The lowest BCUT2D eigenvalue weighted by molar-refractivity contribution is 0.259. The van der Waals surface area contributed by atoms with Gasteiger partial charge in [-0.05, 0) is 42.4 Å². The minimum Gasteiger partial charge on any atom is -0.493 e. The highest BCUT2D eigenvalue weighted by molar-refractivity contribution is 9.10. The molecule has 2 aliphatic rings. The van der Waals surface area contributed by atoms with Crippen LogP contribution in [-0.4, -0.2) is 38.3 Å². The van der Waals surface area contributed by atoms with Gasteiger partial charge in [-0.25, -0.2) is 0 Å². The summed E-state index contributed by atoms with van der Waals surface area (Å²) in [6.07, 6.45) is 3.81. The maximum absolute atomic E-state index is 6.32. The van der Waals surface area contributed by atoms with Gasteiger partial charge in [0.25, 0.3) is 0 Å². The molecule has 1 aromatic rings. The average molecular weight is 369 g/mol. The van der Waals surface area contributed by atoms with Crippen molar-refractivity contribution in [3.8, 4) is 11.5 Å². The van der Waals surface area contributed by atoms with Crippen molar-refractivity contribution in [3.63, 3.8) is 0 Å². The smallest absolute Gasteiger partial charge is 0.161 e. The molecule has 0 aromatic heterocycles. The van der Waals surface area contributed by atoms with E-state index in [9.17, 15) is 0 Å². The summed E-state index contributed by atoms with van der Waals surface area (Å²) in [5, 5.41) is 0. The Kier molecular flexibility index (Phi) is 4.95. The van der Waals surface area contributed by atoms with Gasteiger partial charge in [-0.15, -0.1) is 0 Å². The van der Waals surface area contributed by atoms with Gasteiger partial charge in [0.05, 0.1) is 14.2 Å². The molecule has 2 fully saturated rings. The molecule has 0 amide bonds. The summed E-state index contributed by atoms with van der Waals surface area (Å²) >= 11 is 3.66. The van der Waals surface area contributed by atoms with Gasteiger partial charge in [0.2, 0.25) is 0 Å². The Bertz CT molecular complexity index is 538. The molecule has 0 bridgehead atoms. The number of methoxy groups -OCH3 is 2. The van der Waals surface area contributed by atoms with E-state index in [-0.39, 0.29) is 0 Å². The van der Waals surface area contributed by atoms with Gasteiger partial charge in [-0.1, -0.05) is 22.4 Å². The normalized spacial score (nSPS) is 28.5. The van der Waals surface area contributed by atoms with Crippen LogP contribution in [0.25, 0.3) is 0 Å². The summed E-state index contributed by atoms with van der Waals surface area (Å²) in [7, 11) is 3.34. The van der Waals surface area contributed by atoms with Crippen molar-refractivity contribution in [3.05, 3.63) is 22.2 Å². The van der Waals surface area contributed by atoms with Crippen LogP contribution in [0.4, 0.5) is 0 Å². The fourth-order valence-corrected chi connectivity index (χ4v) is 4.44. The van der Waals surface area contributed by atoms with Crippen LogP contribution < -0.4 is 15.2 Å². The molecule has 3 rings (SSSR count). The van der Waals surface area contributed by atoms with Crippen LogP contribution in [0.1, 0.15) is 24.8 Å². The third-order valence-corrected chi connectivity index (χ3v) is 5.91. The van der Waals surface area contributed by atoms with Gasteiger partial charge in [0, 0.05) is 30.1 Å². The largest absolute Gasteiger partial charge is 0.493 e. The summed E-state index contributed by atoms with van der Waals surface area (Å²) in [5.41, 5.74) is 7.56. The lowest BCUT2D eigenvalue weighted by Gasteiger charge is -2.29. The van der Waals surface area contributed by atoms with Crippen molar-refractivity contribution in [1.29, 1.82) is 0 Å². The SMILES string of the molecule is COc1cc(Br)c(CN2CC3CCCC(N)C3C2)cc1OC. The highest BCUT2D eigenvalue weighted by Crippen LogP contribution is 2.38. The first-order valence-electron chi connectivity index (χ1n) is 8.00. The number of nitrogens with two attached hydrogens (primary N) is 1. The van der Waals surface area contributed by atoms with E-state index in [4.69, 9.17) is 15.2 Å². The molecule has 3 unspecified atom stereocenters. The fraction of sp³-hybridized carbons (Fsp3) is 0.647. The zero-order valence-electron chi connectivity index (χ0n) is 13.3. The predicted molar refractivity (Wildman–Crippen MR) is 91.3 cm³/mol. The molecule has 1 aliphatic heterocycles. The zero-order chi connectivity index (χ0) is 15.7. The van der Waals surface area contributed by atoms with Gasteiger partial charge in [-0.3, -0.25) is 4.90 Å². The number of benzene rings is 1. The van der Waals surface area contributed by atoms with Gasteiger partial charge in [0.15, 0.2) is 11.5 Å². The molecule has 0 spiro atoms. The lowest BCUT2D eigenvalue weighted by atomic mass is 9.78. The molecule has 1 heterocycles. The Hall–Kier alpha value is -0.780. The van der Waals surface area contributed by atoms with E-state index in [0.717, 1.165) is 35.0 Å². The second kappa shape index (κ2) is 6.77. The van der Waals surface area contributed by atoms with Gasteiger partial charge in [-0.2, -0.15) is 0 Å². The third-order valence-electron chi connectivity index (χ3n) is 5.18. The molecule has 1 saturated heterocycles. The third kappa shape index (κ3) is 3.12. The topological polar surface area (TPSA) is 47.7 Å². The van der Waals surface area contributed by atoms with Crippen molar-refractivity contribution in [2.24, 2.45) is 17.6 Å². The van der Waals surface area contributed by atoms with Crippen molar-refractivity contribution in [1.82, 2.24) is 4.90 Å². The number of ether oxygens (including phenoxy) is 2. The van der Waals surface area contributed by atoms with E-state index in [2.05, 4.69) is 26.9 Å². The van der Waals surface area contributed by atoms with E-state index in [1.807, 2.05) is 6.07 Å². The monoisotopic (exact) mass is 368 g/mol. The Morgan fingerprint density at radius 1 is 1.18 bits per heavy atom. The number of hydrogen-bond donors (Lipinski definition) is 1. The minimum absolute atomic E-state index is 0.387. The Labute approximate surface area is 141 Å². The van der Waals surface area contributed by atoms with Gasteiger partial charge in [0.1, 0.15) is 0 Å². The van der Waals surface area contributed by atoms with E-state index < -0.39 is 0 Å². The lowest BCUT2D eigenvalue weighted by Crippen LogP contribution is -2.38. The summed E-state index contributed by atoms with van der Waals surface area (Å²) in [5.74, 6) is 3.00. The summed E-state index contributed by atoms with van der Waals surface area (Å²) < 4.78 is 11.8. The van der Waals surface area contributed by atoms with Crippen LogP contribution in [0, 0.1) is 11.8 Å². The van der Waals surface area contributed by atoms with Gasteiger partial charge < -0.3 is 15.2 Å². The molecule has 3 atom stereocenters. The number of nitrogens with zero attached hydrogens (tertiary/aromatic N) is 1. The highest BCUT2D eigenvalue weighted by atomic mass is 79.9. The first-order chi connectivity index (χ1) is 10.6. The number of fused-ring (bicyclic) bond motifs is 1. The molecule has 1 saturated carbocycles. The van der Waals surface area contributed by atoms with E-state index in [1.54, 1.807) is 14.2 Å². The number of hydrogen-bond acceptors (Lipinski definition) is 4. The second-order valence-electron chi connectivity index (χ2n) is 6.51. The Morgan fingerprint density at radius 2 is 1.91 bits per heavy atom. The Balaban J connectivity index is 1.74. The van der Waals surface area contributed by atoms with E-state index in [1.165, 1.54) is 31.4 Å². The van der Waals surface area contributed by atoms with Crippen molar-refractivity contribution >= 4 is 15.9 Å². The van der Waals surface area contributed by atoms with Crippen LogP contribution in [0.2, 0.25) is 0 Å². The molecule has 5 heteroatoms. The van der Waals surface area contributed by atoms with Crippen LogP contribution in [0.3, 0.4) is 0 Å².